The normalized spacial score (nSPS) is 10.1. The van der Waals surface area contributed by atoms with Gasteiger partial charge in [-0.2, -0.15) is 0 Å². The average molecular weight is 155 g/mol. The van der Waals surface area contributed by atoms with Crippen LogP contribution >= 0.6 is 0 Å². The summed E-state index contributed by atoms with van der Waals surface area (Å²) in [6, 6.07) is 6.32. The number of anilines is 1. The van der Waals surface area contributed by atoms with Gasteiger partial charge in [0.05, 0.1) is 0 Å². The molecule has 0 saturated heterocycles. The van der Waals surface area contributed by atoms with Gasteiger partial charge in [-0.1, -0.05) is 0 Å². The van der Waals surface area contributed by atoms with Gasteiger partial charge < -0.3 is 20.7 Å². The first-order valence-electron chi connectivity index (χ1n) is 3.07. The lowest BCUT2D eigenvalue weighted by Gasteiger charge is -2.06. The maximum absolute atomic E-state index is 8.38. The molecule has 0 aliphatic heterocycles. The zero-order valence-electron chi connectivity index (χ0n) is 5.77. The van der Waals surface area contributed by atoms with Crippen molar-refractivity contribution >= 4 is 5.69 Å². The monoisotopic (exact) mass is 155 g/mol. The highest BCUT2D eigenvalue weighted by Crippen LogP contribution is 2.13. The Morgan fingerprint density at radius 1 is 1.18 bits per heavy atom. The maximum Gasteiger partial charge on any atom is 0.310 e. The highest BCUT2D eigenvalue weighted by molar-refractivity contribution is 5.41. The van der Waals surface area contributed by atoms with E-state index in [-0.39, 0.29) is 0 Å². The molecule has 1 aromatic carbocycles. The Morgan fingerprint density at radius 3 is 2.18 bits per heavy atom. The summed E-state index contributed by atoms with van der Waals surface area (Å²) in [7, 11) is 0. The second kappa shape index (κ2) is 3.23. The van der Waals surface area contributed by atoms with Gasteiger partial charge in [0.2, 0.25) is 0 Å². The molecule has 4 heteroatoms. The number of aliphatic hydroxyl groups is 2. The van der Waals surface area contributed by atoms with Crippen LogP contribution in [0.1, 0.15) is 0 Å². The Kier molecular flexibility index (Phi) is 2.30. The first-order chi connectivity index (χ1) is 5.18. The highest BCUT2D eigenvalue weighted by Gasteiger charge is 1.97. The van der Waals surface area contributed by atoms with E-state index < -0.39 is 6.48 Å². The summed E-state index contributed by atoms with van der Waals surface area (Å²) in [5.41, 5.74) is 5.98. The van der Waals surface area contributed by atoms with E-state index in [9.17, 15) is 0 Å². The number of hydrogen-bond donors (Lipinski definition) is 3. The van der Waals surface area contributed by atoms with E-state index in [0.717, 1.165) is 0 Å². The van der Waals surface area contributed by atoms with Gasteiger partial charge in [0.15, 0.2) is 0 Å². The van der Waals surface area contributed by atoms with E-state index in [4.69, 9.17) is 15.9 Å². The molecule has 0 heterocycles. The van der Waals surface area contributed by atoms with Crippen molar-refractivity contribution in [2.24, 2.45) is 0 Å². The van der Waals surface area contributed by atoms with Crippen molar-refractivity contribution in [2.75, 3.05) is 5.73 Å². The largest absolute Gasteiger partial charge is 0.442 e. The second-order valence-corrected chi connectivity index (χ2v) is 2.01. The molecule has 60 valence electrons. The summed E-state index contributed by atoms with van der Waals surface area (Å²) in [4.78, 5) is 0. The van der Waals surface area contributed by atoms with Crippen LogP contribution in [-0.4, -0.2) is 16.7 Å². The Morgan fingerprint density at radius 2 is 1.73 bits per heavy atom. The molecule has 0 aromatic heterocycles. The van der Waals surface area contributed by atoms with Crippen LogP contribution in [0.5, 0.6) is 5.75 Å². The molecule has 11 heavy (non-hydrogen) atoms. The van der Waals surface area contributed by atoms with Crippen molar-refractivity contribution < 1.29 is 14.9 Å². The molecule has 0 aliphatic carbocycles. The van der Waals surface area contributed by atoms with E-state index in [1.807, 2.05) is 0 Å². The molecule has 0 radical (unpaired) electrons. The van der Waals surface area contributed by atoms with Crippen LogP contribution in [0.15, 0.2) is 24.3 Å². The Labute approximate surface area is 63.8 Å². The summed E-state index contributed by atoms with van der Waals surface area (Å²) >= 11 is 0. The van der Waals surface area contributed by atoms with Gasteiger partial charge >= 0.3 is 6.48 Å². The summed E-state index contributed by atoms with van der Waals surface area (Å²) in [6.45, 7) is -1.78. The van der Waals surface area contributed by atoms with Gasteiger partial charge in [-0.15, -0.1) is 0 Å². The maximum atomic E-state index is 8.38. The third-order valence-corrected chi connectivity index (χ3v) is 1.12. The van der Waals surface area contributed by atoms with E-state index in [1.54, 1.807) is 24.3 Å². The molecule has 4 N–H and O–H groups in total. The molecule has 0 atom stereocenters. The highest BCUT2D eigenvalue weighted by atomic mass is 16.7. The quantitative estimate of drug-likeness (QED) is 0.412. The third-order valence-electron chi connectivity index (χ3n) is 1.12. The van der Waals surface area contributed by atoms with Gasteiger partial charge in [-0.25, -0.2) is 0 Å². The van der Waals surface area contributed by atoms with Crippen molar-refractivity contribution in [1.29, 1.82) is 0 Å². The number of nitrogen functional groups attached to an aromatic ring is 1. The van der Waals surface area contributed by atoms with Crippen molar-refractivity contribution in [3.05, 3.63) is 24.3 Å². The molecule has 0 unspecified atom stereocenters. The van der Waals surface area contributed by atoms with E-state index in [0.29, 0.717) is 11.4 Å². The molecule has 0 bridgehead atoms. The van der Waals surface area contributed by atoms with Crippen molar-refractivity contribution in [2.45, 2.75) is 6.48 Å². The van der Waals surface area contributed by atoms with Crippen LogP contribution in [0.25, 0.3) is 0 Å². The number of ether oxygens (including phenoxy) is 1. The summed E-state index contributed by atoms with van der Waals surface area (Å²) in [5, 5.41) is 16.8. The molecular weight excluding hydrogens is 146 g/mol. The van der Waals surface area contributed by atoms with Crippen LogP contribution in [0.4, 0.5) is 5.69 Å². The Hall–Kier alpha value is -1.26. The number of aliphatic hydroxyl groups excluding tert-OH is 1. The van der Waals surface area contributed by atoms with Gasteiger partial charge in [0.1, 0.15) is 5.75 Å². The first-order valence-corrected chi connectivity index (χ1v) is 3.07. The summed E-state index contributed by atoms with van der Waals surface area (Å²) in [5.74, 6) is 0.370. The minimum Gasteiger partial charge on any atom is -0.442 e. The van der Waals surface area contributed by atoms with E-state index >= 15 is 0 Å². The predicted octanol–water partition coefficient (Wildman–Crippen LogP) is -0.0842. The molecule has 0 fully saturated rings. The fraction of sp³-hybridized carbons (Fsp3) is 0.143. The number of nitrogens with two attached hydrogens (primary N) is 1. The fourth-order valence-electron chi connectivity index (χ4n) is 0.668. The lowest BCUT2D eigenvalue weighted by atomic mass is 10.3. The van der Waals surface area contributed by atoms with Crippen molar-refractivity contribution in [3.63, 3.8) is 0 Å². The van der Waals surface area contributed by atoms with Crippen LogP contribution in [0.2, 0.25) is 0 Å². The van der Waals surface area contributed by atoms with Crippen LogP contribution in [0, 0.1) is 0 Å². The minimum atomic E-state index is -1.78. The standard InChI is InChI=1S/C7H9NO3/c8-5-1-3-6(4-2-5)11-7(9)10/h1-4,7,9-10H,8H2. The molecule has 0 saturated carbocycles. The zero-order chi connectivity index (χ0) is 8.27. The van der Waals surface area contributed by atoms with Crippen molar-refractivity contribution in [3.8, 4) is 5.75 Å². The lowest BCUT2D eigenvalue weighted by molar-refractivity contribution is -0.179. The average Bonchev–Trinajstić information content (AvgIpc) is 1.93. The van der Waals surface area contributed by atoms with Crippen LogP contribution < -0.4 is 10.5 Å². The minimum absolute atomic E-state index is 0.370. The molecular formula is C7H9NO3. The number of rotatable bonds is 2. The van der Waals surface area contributed by atoms with Gasteiger partial charge in [-0.05, 0) is 24.3 Å². The predicted molar refractivity (Wildman–Crippen MR) is 39.7 cm³/mol. The molecule has 0 aliphatic rings. The zero-order valence-corrected chi connectivity index (χ0v) is 5.77. The van der Waals surface area contributed by atoms with Crippen LogP contribution in [0.3, 0.4) is 0 Å². The molecule has 0 spiro atoms. The second-order valence-electron chi connectivity index (χ2n) is 2.01. The molecule has 1 rings (SSSR count). The van der Waals surface area contributed by atoms with E-state index in [2.05, 4.69) is 4.74 Å². The summed E-state index contributed by atoms with van der Waals surface area (Å²) < 4.78 is 4.52. The lowest BCUT2D eigenvalue weighted by Crippen LogP contribution is -2.13. The molecule has 4 nitrogen and oxygen atoms in total. The van der Waals surface area contributed by atoms with Gasteiger partial charge in [0.25, 0.3) is 0 Å². The number of hydrogen-bond acceptors (Lipinski definition) is 4. The van der Waals surface area contributed by atoms with Gasteiger partial charge in [-0.3, -0.25) is 0 Å². The first kappa shape index (κ1) is 7.84. The molecule has 1 aromatic rings. The smallest absolute Gasteiger partial charge is 0.310 e. The van der Waals surface area contributed by atoms with Gasteiger partial charge in [0, 0.05) is 5.69 Å². The third kappa shape index (κ3) is 2.45. The molecule has 0 amide bonds. The van der Waals surface area contributed by atoms with Crippen LogP contribution in [-0.2, 0) is 0 Å². The number of benzene rings is 1. The van der Waals surface area contributed by atoms with E-state index in [1.165, 1.54) is 0 Å². The Bertz CT molecular complexity index is 220. The fourth-order valence-corrected chi connectivity index (χ4v) is 0.668. The Balaban J connectivity index is 2.66. The topological polar surface area (TPSA) is 75.7 Å². The van der Waals surface area contributed by atoms with Crippen molar-refractivity contribution in [1.82, 2.24) is 0 Å². The summed E-state index contributed by atoms with van der Waals surface area (Å²) in [6.07, 6.45) is 0. The SMILES string of the molecule is Nc1ccc(OC(O)O)cc1.